The van der Waals surface area contributed by atoms with Gasteiger partial charge in [-0.25, -0.2) is 0 Å². The Kier molecular flexibility index (Phi) is 7.92. The van der Waals surface area contributed by atoms with Crippen molar-refractivity contribution < 1.29 is 0 Å². The van der Waals surface area contributed by atoms with E-state index in [1.807, 2.05) is 0 Å². The first-order valence-corrected chi connectivity index (χ1v) is 18.0. The molecule has 0 saturated carbocycles. The first-order chi connectivity index (χ1) is 10.3. The molecule has 0 N–H and O–H groups in total. The topological polar surface area (TPSA) is 0 Å². The van der Waals surface area contributed by atoms with E-state index in [1.54, 1.807) is 0 Å². The van der Waals surface area contributed by atoms with Crippen LogP contribution in [0.4, 0.5) is 0 Å². The monoisotopic (exact) mass is 376 g/mol. The predicted molar refractivity (Wildman–Crippen MR) is 109 cm³/mol. The van der Waals surface area contributed by atoms with Crippen molar-refractivity contribution in [3.8, 4) is 0 Å². The van der Waals surface area contributed by atoms with E-state index < -0.39 is 21.3 Å². The zero-order chi connectivity index (χ0) is 16.6. The van der Waals surface area contributed by atoms with Gasteiger partial charge in [-0.2, -0.15) is 0 Å². The van der Waals surface area contributed by atoms with Crippen LogP contribution in [0, 0.1) is 0 Å². The molecule has 0 aliphatic rings. The van der Waals surface area contributed by atoms with Crippen LogP contribution in [0.25, 0.3) is 6.08 Å². The molecule has 0 aromatic heterocycles. The first-order valence-electron chi connectivity index (χ1n) is 8.80. The van der Waals surface area contributed by atoms with E-state index in [-0.39, 0.29) is 0 Å². The van der Waals surface area contributed by atoms with Gasteiger partial charge in [0.25, 0.3) is 0 Å². The molecule has 1 rings (SSSR count). The number of hydrogen-bond acceptors (Lipinski definition) is 0. The van der Waals surface area contributed by atoms with Gasteiger partial charge in [-0.15, -0.1) is 0 Å². The molecule has 0 aliphatic heterocycles. The third-order valence-electron chi connectivity index (χ3n) is 4.66. The summed E-state index contributed by atoms with van der Waals surface area (Å²) in [6.45, 7) is 14.3. The van der Waals surface area contributed by atoms with E-state index in [1.165, 1.54) is 26.9 Å². The molecule has 0 heterocycles. The second kappa shape index (κ2) is 8.93. The van der Waals surface area contributed by atoms with Crippen molar-refractivity contribution in [1.82, 2.24) is 0 Å². The third-order valence-corrected chi connectivity index (χ3v) is 16.7. The minimum absolute atomic E-state index is 1.08. The molecule has 0 unspecified atom stereocenters. The Labute approximate surface area is 142 Å². The van der Waals surface area contributed by atoms with Crippen molar-refractivity contribution in [3.63, 3.8) is 0 Å². The van der Waals surface area contributed by atoms with Gasteiger partial charge in [0.1, 0.15) is 0 Å². The number of allylic oxidation sites excluding steroid dienone is 1. The first kappa shape index (κ1) is 19.5. The Morgan fingerprint density at radius 1 is 1.00 bits per heavy atom. The molecule has 0 bridgehead atoms. The zero-order valence-electron chi connectivity index (χ0n) is 15.4. The van der Waals surface area contributed by atoms with Crippen LogP contribution in [-0.2, 0) is 6.42 Å². The summed E-state index contributed by atoms with van der Waals surface area (Å²) >= 11 is -1.64. The van der Waals surface area contributed by atoms with Crippen LogP contribution in [0.2, 0.25) is 35.4 Å². The minimum atomic E-state index is -1.64. The summed E-state index contributed by atoms with van der Waals surface area (Å²) in [7, 11) is -1.11. The third kappa shape index (κ3) is 6.70. The van der Waals surface area contributed by atoms with Crippen LogP contribution in [0.5, 0.6) is 0 Å². The Balaban J connectivity index is 2.77. The Morgan fingerprint density at radius 3 is 2.18 bits per heavy atom. The fourth-order valence-electron chi connectivity index (χ4n) is 2.72. The molecule has 0 saturated heterocycles. The van der Waals surface area contributed by atoms with Crippen molar-refractivity contribution in [2.45, 2.75) is 62.6 Å². The predicted octanol–water partition coefficient (Wildman–Crippen LogP) is 6.72. The molecular weight excluding hydrogens is 341 g/mol. The van der Waals surface area contributed by atoms with Crippen LogP contribution >= 0.6 is 0 Å². The average molecular weight is 375 g/mol. The van der Waals surface area contributed by atoms with Crippen molar-refractivity contribution in [1.29, 1.82) is 0 Å². The van der Waals surface area contributed by atoms with E-state index in [0.29, 0.717) is 0 Å². The number of hydrogen-bond donors (Lipinski definition) is 0. The summed E-state index contributed by atoms with van der Waals surface area (Å²) < 4.78 is 0. The second-order valence-electron chi connectivity index (χ2n) is 7.47. The Morgan fingerprint density at radius 2 is 1.64 bits per heavy atom. The van der Waals surface area contributed by atoms with E-state index in [9.17, 15) is 0 Å². The zero-order valence-corrected chi connectivity index (χ0v) is 18.5. The molecule has 0 spiro atoms. The molecule has 2 heteroatoms. The standard InChI is InChI=1S/C20H34GeSi/c1-7-21(8-2,9-3)16-11-14-19-12-10-13-20(18-19)15-17-22(4,5)6/h10-13,15-18H,7-9,14H2,1-6H3/b16-11+,17-15+. The fraction of sp³-hybridized carbons (Fsp3) is 0.500. The molecule has 122 valence electrons. The van der Waals surface area contributed by atoms with Crippen LogP contribution in [-0.4, -0.2) is 21.3 Å². The quantitative estimate of drug-likeness (QED) is 0.442. The van der Waals surface area contributed by atoms with E-state index >= 15 is 0 Å². The summed E-state index contributed by atoms with van der Waals surface area (Å²) in [4.78, 5) is 2.64. The summed E-state index contributed by atoms with van der Waals surface area (Å²) in [6.07, 6.45) is 5.85. The van der Waals surface area contributed by atoms with E-state index in [0.717, 1.165) is 6.42 Å². The number of rotatable bonds is 8. The maximum atomic E-state index is 2.64. The summed E-state index contributed by atoms with van der Waals surface area (Å²) in [5, 5.41) is 4.26. The second-order valence-corrected chi connectivity index (χ2v) is 23.4. The molecule has 1 aromatic rings. The molecule has 22 heavy (non-hydrogen) atoms. The van der Waals surface area contributed by atoms with Gasteiger partial charge in [0, 0.05) is 0 Å². The molecule has 0 radical (unpaired) electrons. The summed E-state index contributed by atoms with van der Waals surface area (Å²) in [6, 6.07) is 9.02. The molecule has 1 aromatic carbocycles. The van der Waals surface area contributed by atoms with Gasteiger partial charge in [-0.3, -0.25) is 0 Å². The Bertz CT molecular complexity index is 496. The normalized spacial score (nSPS) is 13.4. The SMILES string of the molecule is C[CH2][Ge](/[CH]=C/Cc1cccc(/C=C/[Si](C)(C)C)c1)([CH2]C)[CH2]C. The van der Waals surface area contributed by atoms with Gasteiger partial charge < -0.3 is 0 Å². The summed E-state index contributed by atoms with van der Waals surface area (Å²) in [5.74, 6) is 0. The van der Waals surface area contributed by atoms with Gasteiger partial charge in [-0.05, 0) is 0 Å². The molecule has 0 amide bonds. The molecular formula is C20H34GeSi. The van der Waals surface area contributed by atoms with Gasteiger partial charge in [0.05, 0.1) is 0 Å². The summed E-state index contributed by atoms with van der Waals surface area (Å²) in [5.41, 5.74) is 5.21. The fourth-order valence-corrected chi connectivity index (χ4v) is 9.34. The average Bonchev–Trinajstić information content (AvgIpc) is 2.50. The molecule has 0 aliphatic carbocycles. The maximum absolute atomic E-state index is 2.64. The van der Waals surface area contributed by atoms with Crippen molar-refractivity contribution in [2.24, 2.45) is 0 Å². The molecule has 0 nitrogen and oxygen atoms in total. The molecule has 0 atom stereocenters. The van der Waals surface area contributed by atoms with E-state index in [4.69, 9.17) is 0 Å². The van der Waals surface area contributed by atoms with Gasteiger partial charge >= 0.3 is 142 Å². The van der Waals surface area contributed by atoms with Crippen molar-refractivity contribution in [3.05, 3.63) is 52.1 Å². The van der Waals surface area contributed by atoms with Crippen LogP contribution in [0.3, 0.4) is 0 Å². The van der Waals surface area contributed by atoms with E-state index in [2.05, 4.69) is 87.4 Å². The van der Waals surface area contributed by atoms with Crippen molar-refractivity contribution >= 4 is 27.4 Å². The van der Waals surface area contributed by atoms with Gasteiger partial charge in [0.2, 0.25) is 0 Å². The Hall–Kier alpha value is -0.540. The van der Waals surface area contributed by atoms with Crippen LogP contribution in [0.1, 0.15) is 31.9 Å². The van der Waals surface area contributed by atoms with Gasteiger partial charge in [0.15, 0.2) is 0 Å². The van der Waals surface area contributed by atoms with Crippen LogP contribution in [0.15, 0.2) is 40.9 Å². The molecule has 0 fully saturated rings. The number of benzene rings is 1. The van der Waals surface area contributed by atoms with Crippen LogP contribution < -0.4 is 0 Å². The van der Waals surface area contributed by atoms with Crippen molar-refractivity contribution in [2.75, 3.05) is 0 Å². The van der Waals surface area contributed by atoms with Gasteiger partial charge in [-0.1, -0.05) is 0 Å².